The van der Waals surface area contributed by atoms with Crippen molar-refractivity contribution in [2.24, 2.45) is 0 Å². The van der Waals surface area contributed by atoms with E-state index in [2.05, 4.69) is 20.9 Å². The lowest BCUT2D eigenvalue weighted by Crippen LogP contribution is -2.20. The zero-order chi connectivity index (χ0) is 12.7. The number of ether oxygens (including phenoxy) is 2. The molecule has 1 aromatic rings. The Morgan fingerprint density at radius 2 is 1.94 bits per heavy atom. The number of halogens is 1. The van der Waals surface area contributed by atoms with Crippen LogP contribution < -0.4 is 0 Å². The maximum Gasteiger partial charge on any atom is 0.160 e. The summed E-state index contributed by atoms with van der Waals surface area (Å²) in [5, 5.41) is 10.0. The highest BCUT2D eigenvalue weighted by atomic mass is 79.9. The molecule has 1 aromatic heterocycles. The van der Waals surface area contributed by atoms with Crippen molar-refractivity contribution in [1.29, 1.82) is 0 Å². The molecule has 0 saturated heterocycles. The van der Waals surface area contributed by atoms with Crippen molar-refractivity contribution in [1.82, 2.24) is 4.98 Å². The molecule has 1 heterocycles. The minimum Gasteiger partial charge on any atom is -0.388 e. The number of nitrogens with zero attached hydrogens (tertiary/aromatic N) is 1. The second-order valence-corrected chi connectivity index (χ2v) is 4.32. The average molecular weight is 304 g/mol. The predicted octanol–water partition coefficient (Wildman–Crippen LogP) is 2.67. The maximum atomic E-state index is 10.0. The van der Waals surface area contributed by atoms with Crippen LogP contribution in [-0.4, -0.2) is 29.6 Å². The molecule has 0 fully saturated rings. The largest absolute Gasteiger partial charge is 0.388 e. The van der Waals surface area contributed by atoms with Gasteiger partial charge in [-0.3, -0.25) is 0 Å². The third-order valence-electron chi connectivity index (χ3n) is 2.26. The quantitative estimate of drug-likeness (QED) is 0.621. The van der Waals surface area contributed by atoms with Gasteiger partial charge in [-0.1, -0.05) is 6.07 Å². The molecule has 17 heavy (non-hydrogen) atoms. The average Bonchev–Trinajstić information content (AvgIpc) is 2.30. The van der Waals surface area contributed by atoms with Crippen LogP contribution in [0.4, 0.5) is 0 Å². The van der Waals surface area contributed by atoms with Crippen LogP contribution in [0.5, 0.6) is 0 Å². The molecule has 0 aliphatic heterocycles. The van der Waals surface area contributed by atoms with E-state index in [0.29, 0.717) is 19.6 Å². The van der Waals surface area contributed by atoms with Crippen LogP contribution >= 0.6 is 15.9 Å². The van der Waals surface area contributed by atoms with Gasteiger partial charge in [-0.25, -0.2) is 4.98 Å². The van der Waals surface area contributed by atoms with E-state index >= 15 is 0 Å². The molecule has 0 spiro atoms. The molecule has 0 aromatic carbocycles. The van der Waals surface area contributed by atoms with Crippen molar-refractivity contribution >= 4 is 15.9 Å². The van der Waals surface area contributed by atoms with Gasteiger partial charge in [0.2, 0.25) is 0 Å². The zero-order valence-electron chi connectivity index (χ0n) is 10.1. The van der Waals surface area contributed by atoms with Crippen LogP contribution in [0.15, 0.2) is 22.9 Å². The summed E-state index contributed by atoms with van der Waals surface area (Å²) in [5.74, 6) is 0. The van der Waals surface area contributed by atoms with E-state index in [1.54, 1.807) is 12.3 Å². The lowest BCUT2D eigenvalue weighted by atomic mass is 10.1. The first-order valence-electron chi connectivity index (χ1n) is 5.70. The summed E-state index contributed by atoms with van der Waals surface area (Å²) >= 11 is 3.25. The van der Waals surface area contributed by atoms with E-state index in [4.69, 9.17) is 9.47 Å². The fourth-order valence-corrected chi connectivity index (χ4v) is 1.69. The number of rotatable bonds is 7. The fourth-order valence-electron chi connectivity index (χ4n) is 1.46. The van der Waals surface area contributed by atoms with E-state index in [9.17, 15) is 5.11 Å². The Kier molecular flexibility index (Phi) is 6.65. The summed E-state index contributed by atoms with van der Waals surface area (Å²) in [6.45, 7) is 4.94. The fraction of sp³-hybridized carbons (Fsp3) is 0.583. The van der Waals surface area contributed by atoms with Gasteiger partial charge in [-0.2, -0.15) is 0 Å². The summed E-state index contributed by atoms with van der Waals surface area (Å²) in [6.07, 6.45) is 1.05. The van der Waals surface area contributed by atoms with Crippen molar-refractivity contribution in [3.63, 3.8) is 0 Å². The Labute approximate surface area is 110 Å². The molecule has 1 rings (SSSR count). The number of aliphatic hydroxyl groups excluding tert-OH is 1. The number of aliphatic hydroxyl groups is 1. The normalized spacial score (nSPS) is 13.0. The van der Waals surface area contributed by atoms with Gasteiger partial charge >= 0.3 is 0 Å². The molecular formula is C12H18BrNO3. The van der Waals surface area contributed by atoms with Gasteiger partial charge in [0.05, 0.1) is 6.10 Å². The summed E-state index contributed by atoms with van der Waals surface area (Å²) in [5.41, 5.74) is 0.762. The van der Waals surface area contributed by atoms with Gasteiger partial charge in [-0.15, -0.1) is 0 Å². The minimum atomic E-state index is -0.626. The SMILES string of the molecule is CCOC(C[C@H](O)c1ccc(Br)nc1)OCC. The van der Waals surface area contributed by atoms with Gasteiger partial charge < -0.3 is 14.6 Å². The third-order valence-corrected chi connectivity index (χ3v) is 2.72. The molecule has 0 aliphatic carbocycles. The topological polar surface area (TPSA) is 51.6 Å². The molecular weight excluding hydrogens is 286 g/mol. The van der Waals surface area contributed by atoms with Gasteiger partial charge in [0.1, 0.15) is 4.60 Å². The molecule has 0 radical (unpaired) electrons. The Hall–Kier alpha value is -0.490. The van der Waals surface area contributed by atoms with Gasteiger partial charge in [0.15, 0.2) is 6.29 Å². The molecule has 1 N–H and O–H groups in total. The lowest BCUT2D eigenvalue weighted by molar-refractivity contribution is -0.153. The highest BCUT2D eigenvalue weighted by Gasteiger charge is 2.16. The standard InChI is InChI=1S/C12H18BrNO3/c1-3-16-12(17-4-2)7-10(15)9-5-6-11(13)14-8-9/h5-6,8,10,12,15H,3-4,7H2,1-2H3/t10-/m0/s1. The van der Waals surface area contributed by atoms with E-state index in [-0.39, 0.29) is 6.29 Å². The van der Waals surface area contributed by atoms with Gasteiger partial charge in [-0.05, 0) is 41.4 Å². The monoisotopic (exact) mass is 303 g/mol. The predicted molar refractivity (Wildman–Crippen MR) is 68.6 cm³/mol. The first-order chi connectivity index (χ1) is 8.17. The molecule has 0 bridgehead atoms. The smallest absolute Gasteiger partial charge is 0.160 e. The Balaban J connectivity index is 2.56. The number of pyridine rings is 1. The summed E-state index contributed by atoms with van der Waals surface area (Å²) in [7, 11) is 0. The molecule has 1 atom stereocenters. The minimum absolute atomic E-state index is 0.372. The highest BCUT2D eigenvalue weighted by molar-refractivity contribution is 9.10. The Morgan fingerprint density at radius 1 is 1.29 bits per heavy atom. The van der Waals surface area contributed by atoms with Crippen molar-refractivity contribution in [2.45, 2.75) is 32.7 Å². The Morgan fingerprint density at radius 3 is 2.41 bits per heavy atom. The van der Waals surface area contributed by atoms with Crippen molar-refractivity contribution in [3.05, 3.63) is 28.5 Å². The molecule has 4 nitrogen and oxygen atoms in total. The van der Waals surface area contributed by atoms with Gasteiger partial charge in [0.25, 0.3) is 0 Å². The second kappa shape index (κ2) is 7.76. The van der Waals surface area contributed by atoms with Crippen LogP contribution in [0, 0.1) is 0 Å². The van der Waals surface area contributed by atoms with Crippen LogP contribution in [-0.2, 0) is 9.47 Å². The number of hydrogen-bond donors (Lipinski definition) is 1. The molecule has 5 heteroatoms. The third kappa shape index (κ3) is 5.12. The van der Waals surface area contributed by atoms with Crippen molar-refractivity contribution in [2.75, 3.05) is 13.2 Å². The van der Waals surface area contributed by atoms with Crippen LogP contribution in [0.3, 0.4) is 0 Å². The molecule has 0 amide bonds. The summed E-state index contributed by atoms with van der Waals surface area (Å²) in [4.78, 5) is 4.07. The first-order valence-corrected chi connectivity index (χ1v) is 6.49. The zero-order valence-corrected chi connectivity index (χ0v) is 11.7. The van der Waals surface area contributed by atoms with E-state index < -0.39 is 6.10 Å². The van der Waals surface area contributed by atoms with E-state index in [0.717, 1.165) is 10.2 Å². The summed E-state index contributed by atoms with van der Waals surface area (Å²) < 4.78 is 11.5. The molecule has 96 valence electrons. The molecule has 0 saturated carbocycles. The van der Waals surface area contributed by atoms with Crippen LogP contribution in [0.2, 0.25) is 0 Å². The van der Waals surface area contributed by atoms with Crippen molar-refractivity contribution < 1.29 is 14.6 Å². The first kappa shape index (κ1) is 14.6. The van der Waals surface area contributed by atoms with Crippen molar-refractivity contribution in [3.8, 4) is 0 Å². The molecule has 0 unspecified atom stereocenters. The lowest BCUT2D eigenvalue weighted by Gasteiger charge is -2.20. The number of hydrogen-bond acceptors (Lipinski definition) is 4. The molecule has 0 aliphatic rings. The van der Waals surface area contributed by atoms with Crippen LogP contribution in [0.25, 0.3) is 0 Å². The highest BCUT2D eigenvalue weighted by Crippen LogP contribution is 2.20. The van der Waals surface area contributed by atoms with Crippen LogP contribution in [0.1, 0.15) is 31.9 Å². The summed E-state index contributed by atoms with van der Waals surface area (Å²) in [6, 6.07) is 3.63. The number of aromatic nitrogens is 1. The van der Waals surface area contributed by atoms with E-state index in [1.807, 2.05) is 19.9 Å². The Bertz CT molecular complexity index is 312. The van der Waals surface area contributed by atoms with E-state index in [1.165, 1.54) is 0 Å². The maximum absolute atomic E-state index is 10.0. The van der Waals surface area contributed by atoms with Gasteiger partial charge in [0, 0.05) is 25.8 Å². The second-order valence-electron chi connectivity index (χ2n) is 3.51.